The lowest BCUT2D eigenvalue weighted by Gasteiger charge is -2.45. The van der Waals surface area contributed by atoms with Crippen LogP contribution in [-0.4, -0.2) is 34.8 Å². The first-order valence-corrected chi connectivity index (χ1v) is 12.7. The zero-order valence-corrected chi connectivity index (χ0v) is 21.0. The van der Waals surface area contributed by atoms with Crippen molar-refractivity contribution in [3.05, 3.63) is 65.2 Å². The molecule has 36 heavy (non-hydrogen) atoms. The molecule has 1 saturated heterocycles. The maximum Gasteiger partial charge on any atom is 0.251 e. The summed E-state index contributed by atoms with van der Waals surface area (Å²) in [5, 5.41) is 15.1. The van der Waals surface area contributed by atoms with Crippen molar-refractivity contribution in [2.75, 3.05) is 6.61 Å². The van der Waals surface area contributed by atoms with Crippen LogP contribution < -0.4 is 15.4 Å². The van der Waals surface area contributed by atoms with E-state index in [9.17, 15) is 9.59 Å². The fraction of sp³-hybridized carbons (Fsp3) is 0.414. The van der Waals surface area contributed by atoms with E-state index < -0.39 is 11.6 Å². The molecular weight excluding hydrogens is 452 g/mol. The Morgan fingerprint density at radius 2 is 2.06 bits per heavy atom. The molecule has 7 nitrogen and oxygen atoms in total. The van der Waals surface area contributed by atoms with Gasteiger partial charge in [-0.25, -0.2) is 0 Å². The molecule has 2 aliphatic heterocycles. The third-order valence-corrected chi connectivity index (χ3v) is 7.41. The summed E-state index contributed by atoms with van der Waals surface area (Å²) in [4.78, 5) is 28.1. The molecule has 2 amide bonds. The molecule has 1 fully saturated rings. The Labute approximate surface area is 213 Å². The summed E-state index contributed by atoms with van der Waals surface area (Å²) in [6.45, 7) is 4.60. The van der Waals surface area contributed by atoms with Crippen molar-refractivity contribution < 1.29 is 14.3 Å². The molecule has 2 atom stereocenters. The smallest absolute Gasteiger partial charge is 0.251 e. The molecule has 0 spiro atoms. The molecular formula is C29H34N4O3. The van der Waals surface area contributed by atoms with E-state index in [1.807, 2.05) is 56.3 Å². The molecule has 0 aliphatic carbocycles. The monoisotopic (exact) mass is 486 g/mol. The summed E-state index contributed by atoms with van der Waals surface area (Å²) in [5.74, 6) is 3.25. The van der Waals surface area contributed by atoms with E-state index in [1.54, 1.807) is 6.07 Å². The fourth-order valence-electron chi connectivity index (χ4n) is 5.15. The number of amides is 2. The van der Waals surface area contributed by atoms with Crippen LogP contribution in [0.3, 0.4) is 0 Å². The van der Waals surface area contributed by atoms with E-state index >= 15 is 0 Å². The molecule has 2 aromatic rings. The van der Waals surface area contributed by atoms with Crippen LogP contribution in [0.1, 0.15) is 85.9 Å². The predicted molar refractivity (Wildman–Crippen MR) is 140 cm³/mol. The maximum atomic E-state index is 13.3. The topological polar surface area (TPSA) is 94.5 Å². The highest BCUT2D eigenvalue weighted by molar-refractivity contribution is 6.00. The number of hydrogen-bond donors (Lipinski definition) is 3. The van der Waals surface area contributed by atoms with Crippen LogP contribution in [-0.2, 0) is 4.79 Å². The molecule has 0 radical (unpaired) electrons. The standard InChI is InChI=1S/C29H34N4O3/c1-4-7-14-24(33-26(34)19-29(5-2,6-3)32-28(33)30)20-11-10-12-21(18-20)27(35)31-23-16-17-36-25-15-9-8-13-22(23)25/h1,8-13,15,18,23-24H,5-7,14,16-17,19H2,2-3H3,(H2,30,32)(H,31,35)/t23-,24?/m1/s1. The summed E-state index contributed by atoms with van der Waals surface area (Å²) in [5.41, 5.74) is 1.85. The Bertz CT molecular complexity index is 1160. The van der Waals surface area contributed by atoms with Crippen LogP contribution in [0.15, 0.2) is 48.5 Å². The average molecular weight is 487 g/mol. The van der Waals surface area contributed by atoms with Crippen molar-refractivity contribution in [3.8, 4) is 18.1 Å². The van der Waals surface area contributed by atoms with Crippen LogP contribution >= 0.6 is 0 Å². The van der Waals surface area contributed by atoms with E-state index in [0.717, 1.165) is 29.7 Å². The van der Waals surface area contributed by atoms with E-state index in [-0.39, 0.29) is 23.8 Å². The van der Waals surface area contributed by atoms with E-state index in [4.69, 9.17) is 16.6 Å². The highest BCUT2D eigenvalue weighted by Gasteiger charge is 2.42. The minimum Gasteiger partial charge on any atom is -0.493 e. The molecule has 0 bridgehead atoms. The Morgan fingerprint density at radius 3 is 2.78 bits per heavy atom. The van der Waals surface area contributed by atoms with Gasteiger partial charge in [-0.1, -0.05) is 44.2 Å². The molecule has 0 aromatic heterocycles. The Balaban J connectivity index is 1.58. The fourth-order valence-corrected chi connectivity index (χ4v) is 5.15. The van der Waals surface area contributed by atoms with Gasteiger partial charge in [-0.3, -0.25) is 19.9 Å². The van der Waals surface area contributed by atoms with Crippen molar-refractivity contribution in [2.24, 2.45) is 0 Å². The largest absolute Gasteiger partial charge is 0.493 e. The van der Waals surface area contributed by atoms with Gasteiger partial charge in [0.2, 0.25) is 5.91 Å². The van der Waals surface area contributed by atoms with Crippen LogP contribution in [0.2, 0.25) is 0 Å². The van der Waals surface area contributed by atoms with Crippen molar-refractivity contribution in [1.29, 1.82) is 5.41 Å². The van der Waals surface area contributed by atoms with Crippen LogP contribution in [0.5, 0.6) is 5.75 Å². The summed E-state index contributed by atoms with van der Waals surface area (Å²) < 4.78 is 5.72. The summed E-state index contributed by atoms with van der Waals surface area (Å²) in [6, 6.07) is 14.5. The number of hydrogen-bond acceptors (Lipinski definition) is 4. The maximum absolute atomic E-state index is 13.3. The summed E-state index contributed by atoms with van der Waals surface area (Å²) >= 11 is 0. The second-order valence-corrected chi connectivity index (χ2v) is 9.49. The van der Waals surface area contributed by atoms with E-state index in [0.29, 0.717) is 37.9 Å². The Hall–Kier alpha value is -3.79. The zero-order valence-electron chi connectivity index (χ0n) is 21.0. The number of benzene rings is 2. The number of carbonyl (C=O) groups is 2. The Kier molecular flexibility index (Phi) is 7.64. The number of guanidine groups is 1. The van der Waals surface area contributed by atoms with Gasteiger partial charge in [0.1, 0.15) is 5.75 Å². The number of para-hydroxylation sites is 1. The number of rotatable bonds is 8. The van der Waals surface area contributed by atoms with Crippen molar-refractivity contribution in [1.82, 2.24) is 15.5 Å². The van der Waals surface area contributed by atoms with Crippen molar-refractivity contribution in [3.63, 3.8) is 0 Å². The molecule has 7 heteroatoms. The lowest BCUT2D eigenvalue weighted by molar-refractivity contribution is -0.132. The van der Waals surface area contributed by atoms with E-state index in [2.05, 4.69) is 16.6 Å². The quantitative estimate of drug-likeness (QED) is 0.471. The van der Waals surface area contributed by atoms with Gasteiger partial charge < -0.3 is 15.4 Å². The number of terminal acetylenes is 1. The lowest BCUT2D eigenvalue weighted by Crippen LogP contribution is -2.62. The predicted octanol–water partition coefficient (Wildman–Crippen LogP) is 4.71. The molecule has 2 aliphatic rings. The average Bonchev–Trinajstić information content (AvgIpc) is 2.90. The molecule has 2 heterocycles. The number of ether oxygens (including phenoxy) is 1. The van der Waals surface area contributed by atoms with Gasteiger partial charge in [-0.15, -0.1) is 12.3 Å². The molecule has 4 rings (SSSR count). The van der Waals surface area contributed by atoms with Crippen LogP contribution in [0.25, 0.3) is 0 Å². The molecule has 188 valence electrons. The van der Waals surface area contributed by atoms with Gasteiger partial charge in [-0.05, 0) is 43.0 Å². The highest BCUT2D eigenvalue weighted by atomic mass is 16.5. The lowest BCUT2D eigenvalue weighted by atomic mass is 9.85. The van der Waals surface area contributed by atoms with Gasteiger partial charge in [-0.2, -0.15) is 0 Å². The number of fused-ring (bicyclic) bond motifs is 1. The van der Waals surface area contributed by atoms with E-state index in [1.165, 1.54) is 4.90 Å². The number of carbonyl (C=O) groups excluding carboxylic acids is 2. The van der Waals surface area contributed by atoms with Crippen LogP contribution in [0.4, 0.5) is 0 Å². The first-order chi connectivity index (χ1) is 17.4. The van der Waals surface area contributed by atoms with Crippen LogP contribution in [0, 0.1) is 17.8 Å². The summed E-state index contributed by atoms with van der Waals surface area (Å²) in [7, 11) is 0. The molecule has 3 N–H and O–H groups in total. The first-order valence-electron chi connectivity index (χ1n) is 12.7. The van der Waals surface area contributed by atoms with Gasteiger partial charge in [0.25, 0.3) is 5.91 Å². The van der Waals surface area contributed by atoms with Gasteiger partial charge >= 0.3 is 0 Å². The van der Waals surface area contributed by atoms with Gasteiger partial charge in [0, 0.05) is 29.5 Å². The third kappa shape index (κ3) is 5.08. The minimum atomic E-state index is -0.434. The zero-order chi connectivity index (χ0) is 25.7. The summed E-state index contributed by atoms with van der Waals surface area (Å²) in [6.07, 6.45) is 9.03. The molecule has 1 unspecified atom stereocenters. The molecule has 0 saturated carbocycles. The second kappa shape index (κ2) is 10.9. The normalized spacial score (nSPS) is 19.4. The van der Waals surface area contributed by atoms with Crippen molar-refractivity contribution >= 4 is 17.8 Å². The van der Waals surface area contributed by atoms with Gasteiger partial charge in [0.15, 0.2) is 5.96 Å². The minimum absolute atomic E-state index is 0.0886. The second-order valence-electron chi connectivity index (χ2n) is 9.49. The van der Waals surface area contributed by atoms with Crippen molar-refractivity contribution in [2.45, 2.75) is 70.0 Å². The number of nitrogens with zero attached hydrogens (tertiary/aromatic N) is 1. The van der Waals surface area contributed by atoms with Gasteiger partial charge in [0.05, 0.1) is 25.1 Å². The highest BCUT2D eigenvalue weighted by Crippen LogP contribution is 2.34. The molecule has 2 aromatic carbocycles. The third-order valence-electron chi connectivity index (χ3n) is 7.41. The Morgan fingerprint density at radius 1 is 1.28 bits per heavy atom. The number of nitrogens with one attached hydrogen (secondary N) is 3. The first kappa shape index (κ1) is 25.3. The SMILES string of the molecule is C#CCCC(c1cccc(C(=O)N[C@@H]2CCOc3ccccc32)c1)N1C(=N)NC(CC)(CC)CC1=O.